The highest BCUT2D eigenvalue weighted by atomic mass is 127. The zero-order valence-corrected chi connectivity index (χ0v) is 19.2. The first kappa shape index (κ1) is 22.1. The first-order valence-electron chi connectivity index (χ1n) is 9.35. The van der Waals surface area contributed by atoms with Crippen LogP contribution < -0.4 is 10.6 Å². The predicted molar refractivity (Wildman–Crippen MR) is 122 cm³/mol. The number of nitrogens with zero attached hydrogens (tertiary/aromatic N) is 5. The number of rotatable bonds is 7. The van der Waals surface area contributed by atoms with Crippen molar-refractivity contribution in [1.82, 2.24) is 30.3 Å². The Bertz CT molecular complexity index is 678. The highest BCUT2D eigenvalue weighted by molar-refractivity contribution is 14.0. The molecule has 1 aliphatic rings. The summed E-state index contributed by atoms with van der Waals surface area (Å²) in [4.78, 5) is 6.90. The minimum absolute atomic E-state index is 0. The van der Waals surface area contributed by atoms with Crippen LogP contribution in [0.25, 0.3) is 0 Å². The van der Waals surface area contributed by atoms with Crippen LogP contribution in [0.3, 0.4) is 0 Å². The smallest absolute Gasteiger partial charge is 0.191 e. The Hall–Kier alpha value is -1.20. The topological polar surface area (TPSA) is 70.4 Å². The van der Waals surface area contributed by atoms with Gasteiger partial charge in [0.2, 0.25) is 0 Å². The molecule has 2 aromatic heterocycles. The molecule has 3 heterocycles. The molecule has 0 saturated carbocycles. The van der Waals surface area contributed by atoms with E-state index in [0.29, 0.717) is 6.04 Å². The van der Waals surface area contributed by atoms with Crippen LogP contribution in [-0.4, -0.2) is 58.3 Å². The monoisotopic (exact) mass is 503 g/mol. The largest absolute Gasteiger partial charge is 0.355 e. The van der Waals surface area contributed by atoms with E-state index in [-0.39, 0.29) is 24.0 Å². The lowest BCUT2D eigenvalue weighted by atomic mass is 10.0. The summed E-state index contributed by atoms with van der Waals surface area (Å²) in [5.41, 5.74) is 1.43. The van der Waals surface area contributed by atoms with Gasteiger partial charge in [0.15, 0.2) is 5.96 Å². The Morgan fingerprint density at radius 1 is 1.37 bits per heavy atom. The maximum atomic E-state index is 4.37. The molecule has 0 unspecified atom stereocenters. The van der Waals surface area contributed by atoms with Crippen molar-refractivity contribution in [3.05, 3.63) is 34.5 Å². The Kier molecular flexibility index (Phi) is 9.49. The molecule has 0 amide bonds. The van der Waals surface area contributed by atoms with E-state index >= 15 is 0 Å². The molecule has 0 spiro atoms. The average molecular weight is 503 g/mol. The number of hydrogen-bond donors (Lipinski definition) is 2. The van der Waals surface area contributed by atoms with Crippen LogP contribution in [0.5, 0.6) is 0 Å². The van der Waals surface area contributed by atoms with E-state index in [4.69, 9.17) is 0 Å². The van der Waals surface area contributed by atoms with E-state index < -0.39 is 0 Å². The molecule has 1 saturated heterocycles. The van der Waals surface area contributed by atoms with Crippen LogP contribution in [0.2, 0.25) is 0 Å². The Labute approximate surface area is 182 Å². The third-order valence-electron chi connectivity index (χ3n) is 4.80. The number of halogens is 1. The van der Waals surface area contributed by atoms with Crippen molar-refractivity contribution < 1.29 is 0 Å². The number of piperidine rings is 1. The molecule has 1 fully saturated rings. The van der Waals surface area contributed by atoms with Crippen molar-refractivity contribution in [2.24, 2.45) is 4.99 Å². The lowest BCUT2D eigenvalue weighted by Gasteiger charge is -2.33. The van der Waals surface area contributed by atoms with E-state index in [9.17, 15) is 0 Å². The molecule has 0 atom stereocenters. The number of aromatic nitrogens is 3. The predicted octanol–water partition coefficient (Wildman–Crippen LogP) is 2.35. The van der Waals surface area contributed by atoms with E-state index in [2.05, 4.69) is 59.0 Å². The summed E-state index contributed by atoms with van der Waals surface area (Å²) in [6.07, 6.45) is 4.99. The molecule has 27 heavy (non-hydrogen) atoms. The van der Waals surface area contributed by atoms with Gasteiger partial charge < -0.3 is 15.2 Å². The van der Waals surface area contributed by atoms with Crippen molar-refractivity contribution in [3.8, 4) is 0 Å². The summed E-state index contributed by atoms with van der Waals surface area (Å²) in [6, 6.07) is 2.71. The van der Waals surface area contributed by atoms with Crippen molar-refractivity contribution in [2.75, 3.05) is 26.7 Å². The number of thiophene rings is 1. The van der Waals surface area contributed by atoms with Gasteiger partial charge in [-0.2, -0.15) is 11.3 Å². The first-order valence-corrected chi connectivity index (χ1v) is 10.3. The molecule has 0 bridgehead atoms. The molecule has 0 aliphatic carbocycles. The molecule has 3 rings (SSSR count). The summed E-state index contributed by atoms with van der Waals surface area (Å²) in [6.45, 7) is 7.08. The van der Waals surface area contributed by atoms with E-state index in [1.165, 1.54) is 5.56 Å². The average Bonchev–Trinajstić information content (AvgIpc) is 3.34. The zero-order valence-electron chi connectivity index (χ0n) is 16.1. The van der Waals surface area contributed by atoms with Gasteiger partial charge in [-0.15, -0.1) is 34.2 Å². The Balaban J connectivity index is 0.00000261. The maximum Gasteiger partial charge on any atom is 0.191 e. The summed E-state index contributed by atoms with van der Waals surface area (Å²) in [5.74, 6) is 1.90. The first-order chi connectivity index (χ1) is 12.8. The third kappa shape index (κ3) is 6.72. The van der Waals surface area contributed by atoms with Gasteiger partial charge in [0.05, 0.1) is 0 Å². The van der Waals surface area contributed by atoms with Gasteiger partial charge >= 0.3 is 0 Å². The van der Waals surface area contributed by atoms with Crippen LogP contribution >= 0.6 is 35.3 Å². The number of aryl methyl sites for hydroxylation is 1. The van der Waals surface area contributed by atoms with Gasteiger partial charge in [-0.1, -0.05) is 6.92 Å². The summed E-state index contributed by atoms with van der Waals surface area (Å²) in [7, 11) is 1.83. The number of guanidine groups is 1. The van der Waals surface area contributed by atoms with Gasteiger partial charge in [0.1, 0.15) is 12.2 Å². The van der Waals surface area contributed by atoms with E-state index in [0.717, 1.165) is 63.8 Å². The fourth-order valence-corrected chi connectivity index (χ4v) is 3.96. The molecule has 2 N–H and O–H groups in total. The lowest BCUT2D eigenvalue weighted by molar-refractivity contribution is 0.198. The lowest BCUT2D eigenvalue weighted by Crippen LogP contribution is -2.49. The summed E-state index contributed by atoms with van der Waals surface area (Å²) >= 11 is 1.78. The zero-order chi connectivity index (χ0) is 18.2. The van der Waals surface area contributed by atoms with E-state index in [1.807, 2.05) is 7.05 Å². The minimum Gasteiger partial charge on any atom is -0.355 e. The molecule has 9 heteroatoms. The number of likely N-dealkylation sites (tertiary alicyclic amines) is 1. The Morgan fingerprint density at radius 3 is 2.85 bits per heavy atom. The number of hydrogen-bond acceptors (Lipinski definition) is 5. The molecule has 150 valence electrons. The summed E-state index contributed by atoms with van der Waals surface area (Å²) < 4.78 is 2.09. The van der Waals surface area contributed by atoms with Crippen molar-refractivity contribution in [1.29, 1.82) is 0 Å². The highest BCUT2D eigenvalue weighted by Crippen LogP contribution is 2.15. The second kappa shape index (κ2) is 11.6. The molecule has 1 aliphatic heterocycles. The molecule has 2 aromatic rings. The molecule has 7 nitrogen and oxygen atoms in total. The van der Waals surface area contributed by atoms with Crippen LogP contribution in [-0.2, 0) is 19.5 Å². The standard InChI is InChI=1S/C18H29N7S.HI/c1-3-17-23-21-14-25(17)10-7-20-18(19-2)22-16-4-8-24(9-5-16)12-15-6-11-26-13-15;/h6,11,13-14,16H,3-5,7-10,12H2,1-2H3,(H2,19,20,22);1H. The second-order valence-electron chi connectivity index (χ2n) is 6.62. The quantitative estimate of drug-likeness (QED) is 0.345. The molecular weight excluding hydrogens is 473 g/mol. The van der Waals surface area contributed by atoms with Gasteiger partial charge in [-0.3, -0.25) is 9.89 Å². The fourth-order valence-electron chi connectivity index (χ4n) is 3.30. The number of nitrogens with one attached hydrogen (secondary N) is 2. The summed E-state index contributed by atoms with van der Waals surface area (Å²) in [5, 5.41) is 19.5. The van der Waals surface area contributed by atoms with Crippen LogP contribution in [0.15, 0.2) is 28.1 Å². The van der Waals surface area contributed by atoms with Crippen molar-refractivity contribution >= 4 is 41.3 Å². The third-order valence-corrected chi connectivity index (χ3v) is 5.53. The fraction of sp³-hybridized carbons (Fsp3) is 0.611. The molecular formula is C18H30IN7S. The van der Waals surface area contributed by atoms with Crippen LogP contribution in [0, 0.1) is 0 Å². The van der Waals surface area contributed by atoms with Crippen molar-refractivity contribution in [3.63, 3.8) is 0 Å². The highest BCUT2D eigenvalue weighted by Gasteiger charge is 2.20. The SMILES string of the molecule is CCc1nncn1CCNC(=NC)NC1CCN(Cc2ccsc2)CC1.I. The minimum atomic E-state index is 0. The normalized spacial score (nSPS) is 16.1. The van der Waals surface area contributed by atoms with Crippen LogP contribution in [0.1, 0.15) is 31.2 Å². The van der Waals surface area contributed by atoms with Crippen molar-refractivity contribution in [2.45, 2.75) is 45.3 Å². The van der Waals surface area contributed by atoms with E-state index in [1.54, 1.807) is 17.7 Å². The van der Waals surface area contributed by atoms with Gasteiger partial charge in [0, 0.05) is 52.2 Å². The van der Waals surface area contributed by atoms with Gasteiger partial charge in [0.25, 0.3) is 0 Å². The molecule has 0 radical (unpaired) electrons. The van der Waals surface area contributed by atoms with Gasteiger partial charge in [-0.05, 0) is 35.2 Å². The maximum absolute atomic E-state index is 4.37. The Morgan fingerprint density at radius 2 is 2.19 bits per heavy atom. The molecule has 0 aromatic carbocycles. The van der Waals surface area contributed by atoms with Gasteiger partial charge in [-0.25, -0.2) is 0 Å². The second-order valence-corrected chi connectivity index (χ2v) is 7.40. The van der Waals surface area contributed by atoms with Crippen LogP contribution in [0.4, 0.5) is 0 Å². The number of aliphatic imine (C=N–C) groups is 1.